The predicted molar refractivity (Wildman–Crippen MR) is 75.5 cm³/mol. The Bertz CT molecular complexity index is 120. The Kier molecular flexibility index (Phi) is 10.1. The third-order valence-electron chi connectivity index (χ3n) is 3.20. The summed E-state index contributed by atoms with van der Waals surface area (Å²) in [6, 6.07) is 4.02. The SMILES string of the molecule is CCCC[Si](CCCC)(CCCS)OC. The minimum atomic E-state index is -1.38. The normalized spacial score (nSPS) is 12.0. The van der Waals surface area contributed by atoms with E-state index in [-0.39, 0.29) is 0 Å². The molecule has 0 radical (unpaired) electrons. The maximum absolute atomic E-state index is 5.95. The number of rotatable bonds is 10. The van der Waals surface area contributed by atoms with Gasteiger partial charge in [0, 0.05) is 7.11 Å². The molecule has 3 heteroatoms. The molecule has 0 saturated carbocycles. The van der Waals surface area contributed by atoms with E-state index in [2.05, 4.69) is 26.5 Å². The van der Waals surface area contributed by atoms with Crippen LogP contribution in [-0.2, 0) is 4.43 Å². The van der Waals surface area contributed by atoms with Gasteiger partial charge in [0.15, 0.2) is 8.32 Å². The first-order valence-electron chi connectivity index (χ1n) is 6.40. The van der Waals surface area contributed by atoms with Crippen molar-refractivity contribution < 1.29 is 4.43 Å². The van der Waals surface area contributed by atoms with E-state index in [1.165, 1.54) is 50.2 Å². The van der Waals surface area contributed by atoms with E-state index >= 15 is 0 Å². The van der Waals surface area contributed by atoms with Gasteiger partial charge in [-0.3, -0.25) is 0 Å². The topological polar surface area (TPSA) is 9.23 Å². The summed E-state index contributed by atoms with van der Waals surface area (Å²) in [6.45, 7) is 4.54. The number of unbranched alkanes of at least 4 members (excludes halogenated alkanes) is 2. The Morgan fingerprint density at radius 2 is 1.40 bits per heavy atom. The standard InChI is InChI=1S/C12H28OSSi/c1-4-6-10-15(13-3,11-7-5-2)12-8-9-14/h14H,4-12H2,1-3H3. The molecule has 0 bridgehead atoms. The molecule has 0 fully saturated rings. The van der Waals surface area contributed by atoms with Crippen LogP contribution in [0.15, 0.2) is 0 Å². The van der Waals surface area contributed by atoms with E-state index in [0.29, 0.717) is 0 Å². The van der Waals surface area contributed by atoms with Gasteiger partial charge in [-0.1, -0.05) is 39.5 Å². The maximum Gasteiger partial charge on any atom is 0.192 e. The summed E-state index contributed by atoms with van der Waals surface area (Å²) in [5, 5.41) is 0. The summed E-state index contributed by atoms with van der Waals surface area (Å²) in [4.78, 5) is 0. The van der Waals surface area contributed by atoms with Crippen LogP contribution in [0.25, 0.3) is 0 Å². The molecule has 0 aliphatic rings. The molecule has 0 aromatic rings. The van der Waals surface area contributed by atoms with Gasteiger partial charge in [0.1, 0.15) is 0 Å². The molecule has 15 heavy (non-hydrogen) atoms. The third kappa shape index (κ3) is 6.64. The van der Waals surface area contributed by atoms with Crippen molar-refractivity contribution in [1.82, 2.24) is 0 Å². The lowest BCUT2D eigenvalue weighted by molar-refractivity contribution is 0.384. The van der Waals surface area contributed by atoms with Crippen LogP contribution >= 0.6 is 12.6 Å². The van der Waals surface area contributed by atoms with Gasteiger partial charge in [0.25, 0.3) is 0 Å². The zero-order chi connectivity index (χ0) is 11.6. The van der Waals surface area contributed by atoms with E-state index < -0.39 is 8.32 Å². The molecule has 0 unspecified atom stereocenters. The average Bonchev–Trinajstić information content (AvgIpc) is 2.29. The second kappa shape index (κ2) is 9.73. The van der Waals surface area contributed by atoms with Crippen LogP contribution in [0.5, 0.6) is 0 Å². The smallest absolute Gasteiger partial charge is 0.192 e. The Balaban J connectivity index is 4.16. The van der Waals surface area contributed by atoms with Gasteiger partial charge in [0.05, 0.1) is 0 Å². The summed E-state index contributed by atoms with van der Waals surface area (Å²) in [6.07, 6.45) is 6.51. The zero-order valence-electron chi connectivity index (χ0n) is 10.7. The van der Waals surface area contributed by atoms with Crippen molar-refractivity contribution >= 4 is 20.9 Å². The number of hydrogen-bond acceptors (Lipinski definition) is 2. The molecule has 0 aliphatic heterocycles. The third-order valence-corrected chi connectivity index (χ3v) is 8.17. The molecule has 0 saturated heterocycles. The largest absolute Gasteiger partial charge is 0.420 e. The van der Waals surface area contributed by atoms with Crippen LogP contribution in [0, 0.1) is 0 Å². The van der Waals surface area contributed by atoms with E-state index in [1.807, 2.05) is 7.11 Å². The first kappa shape index (κ1) is 15.5. The fourth-order valence-electron chi connectivity index (χ4n) is 2.08. The van der Waals surface area contributed by atoms with E-state index in [0.717, 1.165) is 5.75 Å². The first-order chi connectivity index (χ1) is 7.24. The van der Waals surface area contributed by atoms with Crippen LogP contribution < -0.4 is 0 Å². The summed E-state index contributed by atoms with van der Waals surface area (Å²) in [5.74, 6) is 1.01. The van der Waals surface area contributed by atoms with Gasteiger partial charge in [-0.15, -0.1) is 0 Å². The Morgan fingerprint density at radius 1 is 0.933 bits per heavy atom. The van der Waals surface area contributed by atoms with Crippen molar-refractivity contribution in [2.45, 2.75) is 64.1 Å². The molecular weight excluding hydrogens is 220 g/mol. The lowest BCUT2D eigenvalue weighted by Gasteiger charge is -2.29. The molecular formula is C12H28OSSi. The predicted octanol–water partition coefficient (Wildman–Crippen LogP) is 4.50. The highest BCUT2D eigenvalue weighted by Crippen LogP contribution is 2.28. The number of hydrogen-bond donors (Lipinski definition) is 1. The summed E-state index contributed by atoms with van der Waals surface area (Å²) < 4.78 is 5.95. The van der Waals surface area contributed by atoms with Gasteiger partial charge in [-0.05, 0) is 30.3 Å². The molecule has 1 nitrogen and oxygen atoms in total. The molecule has 0 heterocycles. The average molecular weight is 249 g/mol. The highest BCUT2D eigenvalue weighted by molar-refractivity contribution is 7.80. The van der Waals surface area contributed by atoms with Gasteiger partial charge in [0.2, 0.25) is 0 Å². The maximum atomic E-state index is 5.95. The lowest BCUT2D eigenvalue weighted by Crippen LogP contribution is -2.36. The van der Waals surface area contributed by atoms with Crippen molar-refractivity contribution in [3.8, 4) is 0 Å². The Hall–Kier alpha value is 0.527. The van der Waals surface area contributed by atoms with Crippen molar-refractivity contribution in [3.05, 3.63) is 0 Å². The highest BCUT2D eigenvalue weighted by atomic mass is 32.1. The van der Waals surface area contributed by atoms with Crippen LogP contribution in [0.4, 0.5) is 0 Å². The second-order valence-electron chi connectivity index (χ2n) is 4.42. The van der Waals surface area contributed by atoms with E-state index in [4.69, 9.17) is 4.43 Å². The summed E-state index contributed by atoms with van der Waals surface area (Å²) >= 11 is 4.32. The fourth-order valence-corrected chi connectivity index (χ4v) is 6.72. The van der Waals surface area contributed by atoms with Gasteiger partial charge >= 0.3 is 0 Å². The molecule has 0 aromatic heterocycles. The lowest BCUT2D eigenvalue weighted by atomic mass is 10.4. The zero-order valence-corrected chi connectivity index (χ0v) is 12.6. The second-order valence-corrected chi connectivity index (χ2v) is 9.14. The Labute approximate surface area is 103 Å². The van der Waals surface area contributed by atoms with E-state index in [1.54, 1.807) is 0 Å². The highest BCUT2D eigenvalue weighted by Gasteiger charge is 2.31. The van der Waals surface area contributed by atoms with Crippen molar-refractivity contribution in [2.75, 3.05) is 12.9 Å². The van der Waals surface area contributed by atoms with Crippen LogP contribution in [0.1, 0.15) is 46.0 Å². The van der Waals surface area contributed by atoms with Crippen molar-refractivity contribution in [2.24, 2.45) is 0 Å². The molecule has 0 amide bonds. The number of thiol groups is 1. The summed E-state index contributed by atoms with van der Waals surface area (Å²) in [7, 11) is 0.559. The van der Waals surface area contributed by atoms with Gasteiger partial charge < -0.3 is 4.43 Å². The van der Waals surface area contributed by atoms with Crippen LogP contribution in [-0.4, -0.2) is 21.2 Å². The van der Waals surface area contributed by atoms with Crippen molar-refractivity contribution in [1.29, 1.82) is 0 Å². The molecule has 0 atom stereocenters. The van der Waals surface area contributed by atoms with Crippen molar-refractivity contribution in [3.63, 3.8) is 0 Å². The molecule has 0 spiro atoms. The van der Waals surface area contributed by atoms with Gasteiger partial charge in [-0.25, -0.2) is 0 Å². The molecule has 0 N–H and O–H groups in total. The van der Waals surface area contributed by atoms with Crippen LogP contribution in [0.2, 0.25) is 18.1 Å². The molecule has 0 rings (SSSR count). The fraction of sp³-hybridized carbons (Fsp3) is 1.00. The minimum Gasteiger partial charge on any atom is -0.420 e. The quantitative estimate of drug-likeness (QED) is 0.442. The molecule has 0 aliphatic carbocycles. The Morgan fingerprint density at radius 3 is 1.73 bits per heavy atom. The van der Waals surface area contributed by atoms with E-state index in [9.17, 15) is 0 Å². The first-order valence-corrected chi connectivity index (χ1v) is 9.57. The summed E-state index contributed by atoms with van der Waals surface area (Å²) in [5.41, 5.74) is 0. The monoisotopic (exact) mass is 248 g/mol. The molecule has 92 valence electrons. The van der Waals surface area contributed by atoms with Crippen LogP contribution in [0.3, 0.4) is 0 Å². The molecule has 0 aromatic carbocycles. The minimum absolute atomic E-state index is 1.01. The van der Waals surface area contributed by atoms with Gasteiger partial charge in [-0.2, -0.15) is 12.6 Å².